The molecule has 98 valence electrons. The summed E-state index contributed by atoms with van der Waals surface area (Å²) in [6.45, 7) is 1.50. The number of hydrogen-bond donors (Lipinski definition) is 1. The van der Waals surface area contributed by atoms with Gasteiger partial charge in [-0.25, -0.2) is 4.98 Å². The van der Waals surface area contributed by atoms with E-state index >= 15 is 0 Å². The van der Waals surface area contributed by atoms with Gasteiger partial charge in [0, 0.05) is 37.7 Å². The second-order valence-electron chi connectivity index (χ2n) is 4.72. The van der Waals surface area contributed by atoms with Crippen molar-refractivity contribution in [2.24, 2.45) is 14.1 Å². The number of fused-ring (bicyclic) bond motifs is 1. The Labute approximate surface area is 111 Å². The second kappa shape index (κ2) is 4.85. The molecule has 0 aliphatic rings. The molecule has 0 unspecified atom stereocenters. The molecule has 0 fully saturated rings. The van der Waals surface area contributed by atoms with Crippen molar-refractivity contribution in [2.75, 3.05) is 0 Å². The Morgan fingerprint density at radius 2 is 2.00 bits per heavy atom. The number of nitrogens with zero attached hydrogens (tertiary/aromatic N) is 4. The highest BCUT2D eigenvalue weighted by atomic mass is 15.3. The van der Waals surface area contributed by atoms with Crippen LogP contribution in [-0.2, 0) is 27.2 Å². The van der Waals surface area contributed by atoms with E-state index in [4.69, 9.17) is 0 Å². The molecular formula is C14H17N5. The van der Waals surface area contributed by atoms with Crippen molar-refractivity contribution in [3.05, 3.63) is 48.2 Å². The first-order valence-electron chi connectivity index (χ1n) is 6.32. The molecule has 0 bridgehead atoms. The summed E-state index contributed by atoms with van der Waals surface area (Å²) in [7, 11) is 3.95. The minimum atomic E-state index is 0.685. The molecule has 0 amide bonds. The van der Waals surface area contributed by atoms with Gasteiger partial charge in [-0.1, -0.05) is 18.2 Å². The number of aromatic nitrogens is 4. The average molecular weight is 255 g/mol. The molecule has 0 spiro atoms. The summed E-state index contributed by atoms with van der Waals surface area (Å²) in [6.07, 6.45) is 3.89. The first kappa shape index (κ1) is 11.9. The van der Waals surface area contributed by atoms with E-state index in [0.717, 1.165) is 12.4 Å². The lowest BCUT2D eigenvalue weighted by Crippen LogP contribution is -2.13. The third-order valence-electron chi connectivity index (χ3n) is 3.23. The van der Waals surface area contributed by atoms with Gasteiger partial charge in [-0.3, -0.25) is 4.68 Å². The zero-order chi connectivity index (χ0) is 13.2. The lowest BCUT2D eigenvalue weighted by molar-refractivity contribution is 0.650. The van der Waals surface area contributed by atoms with Crippen molar-refractivity contribution in [2.45, 2.75) is 13.1 Å². The van der Waals surface area contributed by atoms with Crippen LogP contribution in [0.1, 0.15) is 11.4 Å². The molecule has 1 N–H and O–H groups in total. The van der Waals surface area contributed by atoms with Gasteiger partial charge in [0.1, 0.15) is 6.33 Å². The molecule has 5 heteroatoms. The molecule has 0 radical (unpaired) electrons. The van der Waals surface area contributed by atoms with Gasteiger partial charge in [0.15, 0.2) is 5.82 Å². The van der Waals surface area contributed by atoms with Crippen LogP contribution in [-0.4, -0.2) is 19.3 Å². The van der Waals surface area contributed by atoms with E-state index < -0.39 is 0 Å². The molecule has 1 aromatic carbocycles. The lowest BCUT2D eigenvalue weighted by atomic mass is 10.2. The van der Waals surface area contributed by atoms with E-state index in [9.17, 15) is 0 Å². The number of hydrogen-bond acceptors (Lipinski definition) is 3. The summed E-state index contributed by atoms with van der Waals surface area (Å²) < 4.78 is 3.88. The summed E-state index contributed by atoms with van der Waals surface area (Å²) in [5.41, 5.74) is 2.56. The van der Waals surface area contributed by atoms with E-state index in [1.807, 2.05) is 7.05 Å². The van der Waals surface area contributed by atoms with Crippen LogP contribution in [0.2, 0.25) is 0 Å². The Morgan fingerprint density at radius 1 is 1.16 bits per heavy atom. The zero-order valence-electron chi connectivity index (χ0n) is 11.2. The van der Waals surface area contributed by atoms with Crippen molar-refractivity contribution < 1.29 is 0 Å². The van der Waals surface area contributed by atoms with Crippen LogP contribution in [0.5, 0.6) is 0 Å². The van der Waals surface area contributed by atoms with Crippen LogP contribution in [0.4, 0.5) is 0 Å². The molecule has 2 aromatic heterocycles. The highest BCUT2D eigenvalue weighted by molar-refractivity contribution is 5.83. The van der Waals surface area contributed by atoms with E-state index in [1.54, 1.807) is 11.0 Å². The topological polar surface area (TPSA) is 47.7 Å². The van der Waals surface area contributed by atoms with Gasteiger partial charge in [0.05, 0.1) is 6.54 Å². The number of benzene rings is 1. The van der Waals surface area contributed by atoms with Gasteiger partial charge < -0.3 is 9.88 Å². The Morgan fingerprint density at radius 3 is 2.79 bits per heavy atom. The van der Waals surface area contributed by atoms with E-state index in [1.165, 1.54) is 16.5 Å². The van der Waals surface area contributed by atoms with Crippen LogP contribution in [0.25, 0.3) is 10.9 Å². The molecule has 0 aliphatic carbocycles. The lowest BCUT2D eigenvalue weighted by Gasteiger charge is -2.00. The van der Waals surface area contributed by atoms with Crippen molar-refractivity contribution in [1.82, 2.24) is 24.6 Å². The molecule has 19 heavy (non-hydrogen) atoms. The summed E-state index contributed by atoms with van der Waals surface area (Å²) in [4.78, 5) is 4.20. The molecule has 0 atom stereocenters. The molecule has 3 rings (SSSR count). The number of rotatable bonds is 4. The fraction of sp³-hybridized carbons (Fsp3) is 0.286. The molecule has 0 saturated heterocycles. The summed E-state index contributed by atoms with van der Waals surface area (Å²) in [5.74, 6) is 0.822. The van der Waals surface area contributed by atoms with Gasteiger partial charge >= 0.3 is 0 Å². The Hall–Kier alpha value is -2.14. The smallest absolute Gasteiger partial charge is 0.164 e. The van der Waals surface area contributed by atoms with Crippen LogP contribution in [0.15, 0.2) is 36.8 Å². The van der Waals surface area contributed by atoms with Gasteiger partial charge in [0.25, 0.3) is 0 Å². The molecule has 0 saturated carbocycles. The molecule has 0 aliphatic heterocycles. The highest BCUT2D eigenvalue weighted by Gasteiger charge is 2.05. The minimum Gasteiger partial charge on any atom is -0.350 e. The van der Waals surface area contributed by atoms with Gasteiger partial charge in [-0.15, -0.1) is 0 Å². The summed E-state index contributed by atoms with van der Waals surface area (Å²) >= 11 is 0. The highest BCUT2D eigenvalue weighted by Crippen LogP contribution is 2.19. The van der Waals surface area contributed by atoms with Crippen LogP contribution in [0, 0.1) is 0 Å². The predicted octanol–water partition coefficient (Wildman–Crippen LogP) is 1.60. The standard InChI is InChI=1S/C14H17N5/c1-18-9-11(12-5-3-4-6-13(12)18)7-15-8-14-16-10-19(2)17-14/h3-6,9-10,15H,7-8H2,1-2H3. The Balaban J connectivity index is 1.72. The first-order chi connectivity index (χ1) is 9.24. The number of aryl methyl sites for hydroxylation is 2. The maximum atomic E-state index is 4.25. The number of nitrogens with one attached hydrogen (secondary N) is 1. The maximum Gasteiger partial charge on any atom is 0.164 e. The fourth-order valence-electron chi connectivity index (χ4n) is 2.34. The van der Waals surface area contributed by atoms with E-state index in [-0.39, 0.29) is 0 Å². The van der Waals surface area contributed by atoms with E-state index in [2.05, 4.69) is 57.5 Å². The van der Waals surface area contributed by atoms with Crippen molar-refractivity contribution in [3.63, 3.8) is 0 Å². The monoisotopic (exact) mass is 255 g/mol. The summed E-state index contributed by atoms with van der Waals surface area (Å²) in [6, 6.07) is 8.44. The molecule has 5 nitrogen and oxygen atoms in total. The Bertz CT molecular complexity index is 695. The predicted molar refractivity (Wildman–Crippen MR) is 74.5 cm³/mol. The van der Waals surface area contributed by atoms with Gasteiger partial charge in [-0.2, -0.15) is 5.10 Å². The van der Waals surface area contributed by atoms with Crippen LogP contribution >= 0.6 is 0 Å². The minimum absolute atomic E-state index is 0.685. The third-order valence-corrected chi connectivity index (χ3v) is 3.23. The van der Waals surface area contributed by atoms with Crippen molar-refractivity contribution >= 4 is 10.9 Å². The fourth-order valence-corrected chi connectivity index (χ4v) is 2.34. The molecule has 3 aromatic rings. The zero-order valence-corrected chi connectivity index (χ0v) is 11.2. The number of para-hydroxylation sites is 1. The largest absolute Gasteiger partial charge is 0.350 e. The normalized spacial score (nSPS) is 11.3. The average Bonchev–Trinajstić information content (AvgIpc) is 2.96. The van der Waals surface area contributed by atoms with Crippen molar-refractivity contribution in [1.29, 1.82) is 0 Å². The van der Waals surface area contributed by atoms with Crippen LogP contribution in [0.3, 0.4) is 0 Å². The van der Waals surface area contributed by atoms with Crippen molar-refractivity contribution in [3.8, 4) is 0 Å². The Kier molecular flexibility index (Phi) is 3.05. The molecular weight excluding hydrogens is 238 g/mol. The maximum absolute atomic E-state index is 4.25. The summed E-state index contributed by atoms with van der Waals surface area (Å²) in [5, 5.41) is 8.93. The third kappa shape index (κ3) is 2.37. The molecule has 2 heterocycles. The second-order valence-corrected chi connectivity index (χ2v) is 4.72. The van der Waals surface area contributed by atoms with E-state index in [0.29, 0.717) is 6.54 Å². The first-order valence-corrected chi connectivity index (χ1v) is 6.32. The van der Waals surface area contributed by atoms with Gasteiger partial charge in [0.2, 0.25) is 0 Å². The SMILES string of the molecule is Cn1cnc(CNCc2cn(C)c3ccccc23)n1. The van der Waals surface area contributed by atoms with Gasteiger partial charge in [-0.05, 0) is 11.6 Å². The van der Waals surface area contributed by atoms with Crippen LogP contribution < -0.4 is 5.32 Å². The quantitative estimate of drug-likeness (QED) is 0.770.